The van der Waals surface area contributed by atoms with Gasteiger partial charge in [0.25, 0.3) is 0 Å². The molecule has 2 aliphatic rings. The van der Waals surface area contributed by atoms with E-state index in [-0.39, 0.29) is 13.1 Å². The second kappa shape index (κ2) is 12.4. The molecule has 0 spiro atoms. The van der Waals surface area contributed by atoms with Crippen molar-refractivity contribution in [1.82, 2.24) is 29.7 Å². The van der Waals surface area contributed by atoms with Crippen LogP contribution < -0.4 is 11.5 Å². The van der Waals surface area contributed by atoms with Crippen LogP contribution in [0.25, 0.3) is 0 Å². The number of likely N-dealkylation sites (N-methyl/N-ethyl adjacent to an activating group) is 2. The molecule has 182 valence electrons. The lowest BCUT2D eigenvalue weighted by Gasteiger charge is -2.33. The Labute approximate surface area is 187 Å². The SMILES string of the molecule is CN1CCN(CCN(OC(=O)C(=O)ON(CCN2CCN(C)CC2)C(N)=O)C(N)=O)CC1. The molecule has 0 aromatic heterocycles. The van der Waals surface area contributed by atoms with Crippen LogP contribution >= 0.6 is 0 Å². The summed E-state index contributed by atoms with van der Waals surface area (Å²) in [6.45, 7) is 7.47. The highest BCUT2D eigenvalue weighted by Gasteiger charge is 2.29. The van der Waals surface area contributed by atoms with E-state index in [1.807, 2.05) is 14.1 Å². The minimum absolute atomic E-state index is 0.0129. The van der Waals surface area contributed by atoms with Crippen molar-refractivity contribution in [3.63, 3.8) is 0 Å². The lowest BCUT2D eigenvalue weighted by molar-refractivity contribution is -0.204. The highest BCUT2D eigenvalue weighted by atomic mass is 16.8. The van der Waals surface area contributed by atoms with Crippen molar-refractivity contribution >= 4 is 24.0 Å². The highest BCUT2D eigenvalue weighted by Crippen LogP contribution is 2.03. The molecule has 32 heavy (non-hydrogen) atoms. The molecule has 0 aromatic carbocycles. The summed E-state index contributed by atoms with van der Waals surface area (Å²) < 4.78 is 0. The lowest BCUT2D eigenvalue weighted by Crippen LogP contribution is -2.50. The van der Waals surface area contributed by atoms with Crippen LogP contribution in [0, 0.1) is 0 Å². The monoisotopic (exact) mass is 458 g/mol. The van der Waals surface area contributed by atoms with Crippen LogP contribution in [0.4, 0.5) is 9.59 Å². The number of nitrogens with two attached hydrogens (primary N) is 2. The second-order valence-electron chi connectivity index (χ2n) is 7.93. The molecule has 0 aliphatic carbocycles. The molecule has 14 nitrogen and oxygen atoms in total. The van der Waals surface area contributed by atoms with Crippen molar-refractivity contribution < 1.29 is 28.9 Å². The molecule has 2 saturated heterocycles. The Hall–Kier alpha value is -2.68. The number of piperazine rings is 2. The fraction of sp³-hybridized carbons (Fsp3) is 0.778. The summed E-state index contributed by atoms with van der Waals surface area (Å²) in [7, 11) is 4.03. The van der Waals surface area contributed by atoms with Crippen LogP contribution in [0.2, 0.25) is 0 Å². The fourth-order valence-electron chi connectivity index (χ4n) is 3.28. The fourth-order valence-corrected chi connectivity index (χ4v) is 3.28. The standard InChI is InChI=1S/C18H34N8O6/c1-21-3-7-23(8-4-21)11-13-25(17(19)29)31-15(27)16(28)32-26(18(20)30)14-12-24-9-5-22(2)6-10-24/h3-14H2,1-2H3,(H2,19,29)(H2,20,30). The maximum atomic E-state index is 12.1. The van der Waals surface area contributed by atoms with Crippen LogP contribution in [0.1, 0.15) is 0 Å². The summed E-state index contributed by atoms with van der Waals surface area (Å²) >= 11 is 0. The van der Waals surface area contributed by atoms with Gasteiger partial charge in [0, 0.05) is 65.4 Å². The predicted molar refractivity (Wildman–Crippen MR) is 113 cm³/mol. The number of urea groups is 2. The van der Waals surface area contributed by atoms with E-state index >= 15 is 0 Å². The Morgan fingerprint density at radius 3 is 1.25 bits per heavy atom. The Morgan fingerprint density at radius 1 is 0.656 bits per heavy atom. The largest absolute Gasteiger partial charge is 0.444 e. The number of hydroxylamine groups is 4. The van der Waals surface area contributed by atoms with E-state index in [1.54, 1.807) is 0 Å². The van der Waals surface area contributed by atoms with E-state index in [9.17, 15) is 19.2 Å². The molecular formula is C18H34N8O6. The van der Waals surface area contributed by atoms with Gasteiger partial charge in [-0.25, -0.2) is 19.2 Å². The number of nitrogens with zero attached hydrogens (tertiary/aromatic N) is 6. The summed E-state index contributed by atoms with van der Waals surface area (Å²) in [6, 6.07) is -2.05. The van der Waals surface area contributed by atoms with Gasteiger partial charge in [0.05, 0.1) is 13.1 Å². The summed E-state index contributed by atoms with van der Waals surface area (Å²) in [4.78, 5) is 65.5. The maximum absolute atomic E-state index is 12.1. The molecule has 0 aromatic rings. The van der Waals surface area contributed by atoms with Crippen LogP contribution in [-0.2, 0) is 19.3 Å². The average Bonchev–Trinajstić information content (AvgIpc) is 2.75. The van der Waals surface area contributed by atoms with Gasteiger partial charge in [0.1, 0.15) is 0 Å². The first-order valence-electron chi connectivity index (χ1n) is 10.6. The van der Waals surface area contributed by atoms with Crippen molar-refractivity contribution in [2.75, 3.05) is 92.6 Å². The quantitative estimate of drug-likeness (QED) is 0.314. The number of rotatable bonds is 6. The third-order valence-corrected chi connectivity index (χ3v) is 5.47. The summed E-state index contributed by atoms with van der Waals surface area (Å²) in [6.07, 6.45) is 0. The third kappa shape index (κ3) is 8.45. The van der Waals surface area contributed by atoms with Crippen LogP contribution in [0.5, 0.6) is 0 Å². The summed E-state index contributed by atoms with van der Waals surface area (Å²) in [5.74, 6) is -2.96. The molecule has 0 atom stereocenters. The molecule has 2 fully saturated rings. The molecule has 0 bridgehead atoms. The van der Waals surface area contributed by atoms with Gasteiger partial charge in [-0.3, -0.25) is 9.80 Å². The van der Waals surface area contributed by atoms with Gasteiger partial charge in [-0.2, -0.15) is 10.1 Å². The molecule has 2 aliphatic heterocycles. The minimum Gasteiger partial charge on any atom is -0.349 e. The first-order chi connectivity index (χ1) is 15.2. The molecule has 4 N–H and O–H groups in total. The third-order valence-electron chi connectivity index (χ3n) is 5.47. The Kier molecular flexibility index (Phi) is 9.90. The first kappa shape index (κ1) is 25.6. The van der Waals surface area contributed by atoms with E-state index in [0.29, 0.717) is 23.2 Å². The molecule has 2 heterocycles. The van der Waals surface area contributed by atoms with Crippen molar-refractivity contribution in [2.45, 2.75) is 0 Å². The zero-order valence-corrected chi connectivity index (χ0v) is 18.8. The lowest BCUT2D eigenvalue weighted by atomic mass is 10.3. The number of carbonyl (C=O) groups is 4. The molecule has 2 rings (SSSR count). The molecular weight excluding hydrogens is 424 g/mol. The van der Waals surface area contributed by atoms with Gasteiger partial charge in [-0.1, -0.05) is 0 Å². The van der Waals surface area contributed by atoms with Crippen molar-refractivity contribution in [3.8, 4) is 0 Å². The van der Waals surface area contributed by atoms with Crippen molar-refractivity contribution in [3.05, 3.63) is 0 Å². The molecule has 14 heteroatoms. The van der Waals surface area contributed by atoms with Crippen molar-refractivity contribution in [2.24, 2.45) is 11.5 Å². The van der Waals surface area contributed by atoms with Gasteiger partial charge < -0.3 is 30.9 Å². The first-order valence-corrected chi connectivity index (χ1v) is 10.6. The second-order valence-corrected chi connectivity index (χ2v) is 7.93. The minimum atomic E-state index is -1.48. The molecule has 4 amide bonds. The van der Waals surface area contributed by atoms with Gasteiger partial charge in [0.2, 0.25) is 0 Å². The Balaban J connectivity index is 1.79. The maximum Gasteiger partial charge on any atom is 0.444 e. The summed E-state index contributed by atoms with van der Waals surface area (Å²) in [5, 5.41) is 1.20. The van der Waals surface area contributed by atoms with Gasteiger partial charge >= 0.3 is 24.0 Å². The topological polar surface area (TPSA) is 158 Å². The smallest absolute Gasteiger partial charge is 0.349 e. The van der Waals surface area contributed by atoms with E-state index in [1.165, 1.54) is 0 Å². The summed E-state index contributed by atoms with van der Waals surface area (Å²) in [5.41, 5.74) is 10.5. The number of hydrogen-bond donors (Lipinski definition) is 2. The van der Waals surface area contributed by atoms with E-state index < -0.39 is 24.0 Å². The Morgan fingerprint density at radius 2 is 0.969 bits per heavy atom. The molecule has 0 unspecified atom stereocenters. The zero-order chi connectivity index (χ0) is 23.7. The van der Waals surface area contributed by atoms with E-state index in [2.05, 4.69) is 19.6 Å². The number of carbonyl (C=O) groups excluding carboxylic acids is 4. The molecule has 0 radical (unpaired) electrons. The average molecular weight is 459 g/mol. The van der Waals surface area contributed by atoms with E-state index in [4.69, 9.17) is 21.1 Å². The Bertz CT molecular complexity index is 608. The van der Waals surface area contributed by atoms with E-state index in [0.717, 1.165) is 52.4 Å². The number of primary amides is 2. The highest BCUT2D eigenvalue weighted by molar-refractivity contribution is 6.29. The van der Waals surface area contributed by atoms with Gasteiger partial charge in [-0.05, 0) is 14.1 Å². The molecule has 0 saturated carbocycles. The van der Waals surface area contributed by atoms with Crippen molar-refractivity contribution in [1.29, 1.82) is 0 Å². The normalized spacial score (nSPS) is 18.7. The zero-order valence-electron chi connectivity index (χ0n) is 18.8. The van der Waals surface area contributed by atoms with Crippen LogP contribution in [0.15, 0.2) is 0 Å². The predicted octanol–water partition coefficient (Wildman–Crippen LogP) is -2.84. The van der Waals surface area contributed by atoms with Crippen LogP contribution in [-0.4, -0.2) is 146 Å². The number of amides is 4. The number of hydrogen-bond acceptors (Lipinski definition) is 10. The van der Waals surface area contributed by atoms with Crippen LogP contribution in [0.3, 0.4) is 0 Å². The van der Waals surface area contributed by atoms with Gasteiger partial charge in [0.15, 0.2) is 0 Å². The van der Waals surface area contributed by atoms with Gasteiger partial charge in [-0.15, -0.1) is 0 Å².